The van der Waals surface area contributed by atoms with Crippen molar-refractivity contribution in [1.29, 1.82) is 0 Å². The lowest BCUT2D eigenvalue weighted by molar-refractivity contribution is 0.102. The van der Waals surface area contributed by atoms with Crippen molar-refractivity contribution < 1.29 is 19.1 Å². The summed E-state index contributed by atoms with van der Waals surface area (Å²) < 4.78 is 10.8. The number of carbonyl (C=O) groups is 2. The number of thiophene rings is 1. The van der Waals surface area contributed by atoms with E-state index in [9.17, 15) is 9.59 Å². The summed E-state index contributed by atoms with van der Waals surface area (Å²) >= 11 is 1.37. The van der Waals surface area contributed by atoms with Crippen molar-refractivity contribution in [3.63, 3.8) is 0 Å². The zero-order valence-corrected chi connectivity index (χ0v) is 16.3. The molecule has 0 saturated heterocycles. The second kappa shape index (κ2) is 9.05. The number of benzene rings is 2. The largest absolute Gasteiger partial charge is 0.493 e. The smallest absolute Gasteiger partial charge is 0.265 e. The van der Waals surface area contributed by atoms with Gasteiger partial charge in [0.05, 0.1) is 18.6 Å². The van der Waals surface area contributed by atoms with E-state index in [-0.39, 0.29) is 11.8 Å². The summed E-state index contributed by atoms with van der Waals surface area (Å²) in [7, 11) is 1.53. The van der Waals surface area contributed by atoms with E-state index in [2.05, 4.69) is 10.6 Å². The number of methoxy groups -OCH3 is 1. The molecule has 144 valence electrons. The van der Waals surface area contributed by atoms with Crippen LogP contribution < -0.4 is 20.1 Å². The monoisotopic (exact) mass is 396 g/mol. The lowest BCUT2D eigenvalue weighted by atomic mass is 10.1. The molecule has 0 aliphatic heterocycles. The van der Waals surface area contributed by atoms with Crippen LogP contribution in [0.2, 0.25) is 0 Å². The maximum Gasteiger partial charge on any atom is 0.265 e. The van der Waals surface area contributed by atoms with Gasteiger partial charge in [0.15, 0.2) is 11.5 Å². The Bertz CT molecular complexity index is 970. The number of carbonyl (C=O) groups excluding carboxylic acids is 2. The van der Waals surface area contributed by atoms with Crippen LogP contribution in [0.5, 0.6) is 11.5 Å². The van der Waals surface area contributed by atoms with Crippen LogP contribution in [0.1, 0.15) is 27.0 Å². The van der Waals surface area contributed by atoms with Crippen LogP contribution in [0.4, 0.5) is 11.4 Å². The van der Waals surface area contributed by atoms with E-state index < -0.39 is 0 Å². The minimum Gasteiger partial charge on any atom is -0.493 e. The van der Waals surface area contributed by atoms with Gasteiger partial charge < -0.3 is 20.1 Å². The summed E-state index contributed by atoms with van der Waals surface area (Å²) in [4.78, 5) is 25.4. The number of amides is 2. The number of ether oxygens (including phenoxy) is 2. The number of nitrogens with one attached hydrogen (secondary N) is 2. The molecule has 3 aromatic rings. The third-order valence-electron chi connectivity index (χ3n) is 3.85. The molecule has 0 spiro atoms. The molecule has 2 amide bonds. The second-order valence-corrected chi connectivity index (χ2v) is 6.71. The molecule has 2 aromatic carbocycles. The Hall–Kier alpha value is -3.32. The molecular formula is C21H20N2O4S. The highest BCUT2D eigenvalue weighted by Crippen LogP contribution is 2.28. The molecule has 0 radical (unpaired) electrons. The van der Waals surface area contributed by atoms with Crippen molar-refractivity contribution in [3.05, 3.63) is 70.4 Å². The average Bonchev–Trinajstić information content (AvgIpc) is 3.24. The Morgan fingerprint density at radius 2 is 1.68 bits per heavy atom. The quantitative estimate of drug-likeness (QED) is 0.609. The zero-order valence-electron chi connectivity index (χ0n) is 15.5. The molecule has 0 aliphatic carbocycles. The number of anilines is 2. The number of hydrogen-bond donors (Lipinski definition) is 2. The van der Waals surface area contributed by atoms with Crippen molar-refractivity contribution in [2.75, 3.05) is 24.4 Å². The predicted octanol–water partition coefficient (Wildman–Crippen LogP) is 4.66. The molecule has 1 heterocycles. The van der Waals surface area contributed by atoms with Gasteiger partial charge in [-0.05, 0) is 54.8 Å². The van der Waals surface area contributed by atoms with Crippen LogP contribution in [-0.2, 0) is 0 Å². The summed E-state index contributed by atoms with van der Waals surface area (Å²) in [5.74, 6) is 0.601. The van der Waals surface area contributed by atoms with E-state index in [1.807, 2.05) is 18.4 Å². The summed E-state index contributed by atoms with van der Waals surface area (Å²) in [6.07, 6.45) is 0. The third-order valence-corrected chi connectivity index (χ3v) is 4.72. The van der Waals surface area contributed by atoms with E-state index >= 15 is 0 Å². The Balaban J connectivity index is 1.71. The fraction of sp³-hybridized carbons (Fsp3) is 0.143. The van der Waals surface area contributed by atoms with Crippen LogP contribution in [0.25, 0.3) is 0 Å². The van der Waals surface area contributed by atoms with Crippen molar-refractivity contribution in [1.82, 2.24) is 0 Å². The van der Waals surface area contributed by atoms with E-state index in [4.69, 9.17) is 9.47 Å². The molecule has 28 heavy (non-hydrogen) atoms. The first-order chi connectivity index (χ1) is 13.6. The van der Waals surface area contributed by atoms with Gasteiger partial charge in [0, 0.05) is 16.9 Å². The molecule has 1 aromatic heterocycles. The lowest BCUT2D eigenvalue weighted by Gasteiger charge is -2.12. The highest BCUT2D eigenvalue weighted by Gasteiger charge is 2.12. The molecule has 0 fully saturated rings. The summed E-state index contributed by atoms with van der Waals surface area (Å²) in [5.41, 5.74) is 1.61. The maximum atomic E-state index is 12.6. The van der Waals surface area contributed by atoms with Crippen LogP contribution >= 0.6 is 11.3 Å². The van der Waals surface area contributed by atoms with Crippen molar-refractivity contribution in [2.45, 2.75) is 6.92 Å². The van der Waals surface area contributed by atoms with Gasteiger partial charge in [0.2, 0.25) is 0 Å². The first kappa shape index (κ1) is 19.4. The standard InChI is InChI=1S/C21H20N2O4S/c1-3-27-17-10-9-14(12-18(17)26-2)20(24)22-15-6-4-7-16(13-15)23-21(25)19-8-5-11-28-19/h4-13H,3H2,1-2H3,(H,22,24)(H,23,25). The third kappa shape index (κ3) is 4.69. The van der Waals surface area contributed by atoms with Gasteiger partial charge in [-0.15, -0.1) is 11.3 Å². The Labute approximate surface area is 167 Å². The van der Waals surface area contributed by atoms with Gasteiger partial charge in [-0.3, -0.25) is 9.59 Å². The molecule has 0 atom stereocenters. The highest BCUT2D eigenvalue weighted by molar-refractivity contribution is 7.12. The van der Waals surface area contributed by atoms with Crippen molar-refractivity contribution in [3.8, 4) is 11.5 Å². The molecule has 0 saturated carbocycles. The first-order valence-electron chi connectivity index (χ1n) is 8.68. The van der Waals surface area contributed by atoms with Crippen LogP contribution in [0, 0.1) is 0 Å². The minimum atomic E-state index is -0.289. The van der Waals surface area contributed by atoms with Crippen LogP contribution in [0.15, 0.2) is 60.0 Å². The van der Waals surface area contributed by atoms with Crippen LogP contribution in [0.3, 0.4) is 0 Å². The van der Waals surface area contributed by atoms with Gasteiger partial charge in [0.1, 0.15) is 0 Å². The van der Waals surface area contributed by atoms with Gasteiger partial charge >= 0.3 is 0 Å². The second-order valence-electron chi connectivity index (χ2n) is 5.77. The number of hydrogen-bond acceptors (Lipinski definition) is 5. The van der Waals surface area contributed by atoms with E-state index in [0.717, 1.165) is 0 Å². The van der Waals surface area contributed by atoms with Gasteiger partial charge in [-0.2, -0.15) is 0 Å². The Morgan fingerprint density at radius 1 is 0.929 bits per heavy atom. The molecular weight excluding hydrogens is 376 g/mol. The van der Waals surface area contributed by atoms with Crippen molar-refractivity contribution in [2.24, 2.45) is 0 Å². The Morgan fingerprint density at radius 3 is 2.32 bits per heavy atom. The van der Waals surface area contributed by atoms with Gasteiger partial charge in [0.25, 0.3) is 11.8 Å². The van der Waals surface area contributed by atoms with Gasteiger partial charge in [-0.1, -0.05) is 12.1 Å². The van der Waals surface area contributed by atoms with E-state index in [1.165, 1.54) is 18.4 Å². The zero-order chi connectivity index (χ0) is 19.9. The molecule has 2 N–H and O–H groups in total. The van der Waals surface area contributed by atoms with Gasteiger partial charge in [-0.25, -0.2) is 0 Å². The molecule has 0 unspecified atom stereocenters. The summed E-state index contributed by atoms with van der Waals surface area (Å²) in [6, 6.07) is 15.6. The summed E-state index contributed by atoms with van der Waals surface area (Å²) in [5, 5.41) is 7.49. The van der Waals surface area contributed by atoms with Crippen molar-refractivity contribution >= 4 is 34.5 Å². The topological polar surface area (TPSA) is 76.7 Å². The molecule has 0 bridgehead atoms. The molecule has 6 nitrogen and oxygen atoms in total. The molecule has 7 heteroatoms. The molecule has 0 aliphatic rings. The minimum absolute atomic E-state index is 0.185. The fourth-order valence-electron chi connectivity index (χ4n) is 2.56. The lowest BCUT2D eigenvalue weighted by Crippen LogP contribution is -2.13. The average molecular weight is 396 g/mol. The SMILES string of the molecule is CCOc1ccc(C(=O)Nc2cccc(NC(=O)c3cccs3)c2)cc1OC. The maximum absolute atomic E-state index is 12.6. The Kier molecular flexibility index (Phi) is 6.29. The van der Waals surface area contributed by atoms with E-state index in [0.29, 0.717) is 39.9 Å². The van der Waals surface area contributed by atoms with E-state index in [1.54, 1.807) is 48.5 Å². The normalized spacial score (nSPS) is 10.2. The summed E-state index contributed by atoms with van der Waals surface area (Å²) in [6.45, 7) is 2.39. The fourth-order valence-corrected chi connectivity index (χ4v) is 3.18. The highest BCUT2D eigenvalue weighted by atomic mass is 32.1. The number of rotatable bonds is 7. The predicted molar refractivity (Wildman–Crippen MR) is 111 cm³/mol. The molecule has 3 rings (SSSR count). The van der Waals surface area contributed by atoms with Crippen LogP contribution in [-0.4, -0.2) is 25.5 Å². The first-order valence-corrected chi connectivity index (χ1v) is 9.55.